The van der Waals surface area contributed by atoms with Crippen LogP contribution >= 0.6 is 11.8 Å². The van der Waals surface area contributed by atoms with E-state index in [1.165, 1.54) is 43.6 Å². The molecule has 4 rings (SSSR count). The average Bonchev–Trinajstić information content (AvgIpc) is 2.91. The van der Waals surface area contributed by atoms with Gasteiger partial charge in [0.25, 0.3) is 0 Å². The van der Waals surface area contributed by atoms with Crippen LogP contribution in [-0.2, 0) is 4.74 Å². The van der Waals surface area contributed by atoms with Crippen LogP contribution < -0.4 is 0 Å². The molecule has 2 heterocycles. The molecule has 0 aromatic carbocycles. The Morgan fingerprint density at radius 3 is 2.58 bits per heavy atom. The van der Waals surface area contributed by atoms with Crippen LogP contribution in [-0.4, -0.2) is 34.9 Å². The molecule has 4 atom stereocenters. The Morgan fingerprint density at radius 2 is 1.84 bits per heavy atom. The van der Waals surface area contributed by atoms with Gasteiger partial charge < -0.3 is 9.84 Å². The van der Waals surface area contributed by atoms with Crippen LogP contribution in [0, 0.1) is 23.7 Å². The highest BCUT2D eigenvalue weighted by Crippen LogP contribution is 2.60. The Kier molecular flexibility index (Phi) is 3.36. The van der Waals surface area contributed by atoms with Gasteiger partial charge in [-0.25, -0.2) is 0 Å². The van der Waals surface area contributed by atoms with Crippen LogP contribution in [0.4, 0.5) is 0 Å². The minimum atomic E-state index is -0.0225. The van der Waals surface area contributed by atoms with Crippen LogP contribution in [0.25, 0.3) is 0 Å². The van der Waals surface area contributed by atoms with Gasteiger partial charge in [-0.05, 0) is 73.7 Å². The third kappa shape index (κ3) is 2.26. The third-order valence-corrected chi connectivity index (χ3v) is 7.27. The summed E-state index contributed by atoms with van der Waals surface area (Å²) in [5.41, 5.74) is 0.138. The second kappa shape index (κ2) is 4.92. The van der Waals surface area contributed by atoms with Gasteiger partial charge in [-0.3, -0.25) is 0 Å². The van der Waals surface area contributed by atoms with Gasteiger partial charge >= 0.3 is 0 Å². The summed E-state index contributed by atoms with van der Waals surface area (Å²) >= 11 is 2.06. The van der Waals surface area contributed by atoms with E-state index in [2.05, 4.69) is 11.8 Å². The zero-order valence-electron chi connectivity index (χ0n) is 11.7. The lowest BCUT2D eigenvalue weighted by molar-refractivity contribution is -0.124. The first-order chi connectivity index (χ1) is 9.29. The first-order valence-corrected chi connectivity index (χ1v) is 9.34. The molecule has 1 N–H and O–H groups in total. The maximum absolute atomic E-state index is 10.8. The van der Waals surface area contributed by atoms with Gasteiger partial charge in [0, 0.05) is 6.61 Å². The molecule has 19 heavy (non-hydrogen) atoms. The van der Waals surface area contributed by atoms with Crippen molar-refractivity contribution in [3.63, 3.8) is 0 Å². The zero-order chi connectivity index (χ0) is 12.9. The summed E-state index contributed by atoms with van der Waals surface area (Å²) in [4.78, 5) is 0. The van der Waals surface area contributed by atoms with Crippen molar-refractivity contribution >= 4 is 11.8 Å². The van der Waals surface area contributed by atoms with Gasteiger partial charge in [-0.2, -0.15) is 11.8 Å². The summed E-state index contributed by atoms with van der Waals surface area (Å²) in [6.07, 6.45) is 8.79. The predicted octanol–water partition coefficient (Wildman–Crippen LogP) is 3.09. The van der Waals surface area contributed by atoms with E-state index < -0.39 is 0 Å². The molecule has 0 bridgehead atoms. The highest BCUT2D eigenvalue weighted by Gasteiger charge is 2.57. The Bertz CT molecular complexity index is 324. The van der Waals surface area contributed by atoms with Crippen LogP contribution in [0.1, 0.15) is 44.9 Å². The summed E-state index contributed by atoms with van der Waals surface area (Å²) in [6, 6.07) is 0. The van der Waals surface area contributed by atoms with Crippen molar-refractivity contribution in [1.82, 2.24) is 0 Å². The van der Waals surface area contributed by atoms with Gasteiger partial charge in [-0.15, -0.1) is 0 Å². The van der Waals surface area contributed by atoms with Gasteiger partial charge in [0.1, 0.15) is 0 Å². The summed E-state index contributed by atoms with van der Waals surface area (Å²) in [6.45, 7) is 0.883. The van der Waals surface area contributed by atoms with E-state index in [1.54, 1.807) is 0 Å². The first-order valence-electron chi connectivity index (χ1n) is 8.19. The molecular weight excluding hydrogens is 256 g/mol. The van der Waals surface area contributed by atoms with E-state index in [1.807, 2.05) is 0 Å². The second-order valence-electron chi connectivity index (χ2n) is 7.22. The van der Waals surface area contributed by atoms with Crippen molar-refractivity contribution in [2.24, 2.45) is 23.7 Å². The molecule has 1 spiro atoms. The maximum Gasteiger partial charge on any atom is 0.0701 e. The summed E-state index contributed by atoms with van der Waals surface area (Å²) < 4.78 is 6.16. The van der Waals surface area contributed by atoms with Crippen LogP contribution in [0.3, 0.4) is 0 Å². The molecular formula is C16H26O2S. The molecule has 4 fully saturated rings. The lowest BCUT2D eigenvalue weighted by Crippen LogP contribution is -2.46. The Morgan fingerprint density at radius 1 is 1.11 bits per heavy atom. The molecule has 3 heteroatoms. The van der Waals surface area contributed by atoms with Crippen molar-refractivity contribution in [2.75, 3.05) is 18.1 Å². The first kappa shape index (κ1) is 13.0. The Balaban J connectivity index is 1.41. The molecule has 0 amide bonds. The molecule has 2 nitrogen and oxygen atoms in total. The Labute approximate surface area is 120 Å². The quantitative estimate of drug-likeness (QED) is 0.844. The van der Waals surface area contributed by atoms with Gasteiger partial charge in [0.15, 0.2) is 0 Å². The number of aliphatic hydroxyl groups excluding tert-OH is 1. The number of ether oxygens (including phenoxy) is 1. The lowest BCUT2D eigenvalue weighted by atomic mass is 9.77. The average molecular weight is 282 g/mol. The van der Waals surface area contributed by atoms with Crippen molar-refractivity contribution in [1.29, 1.82) is 0 Å². The molecule has 108 valence electrons. The topological polar surface area (TPSA) is 29.5 Å². The van der Waals surface area contributed by atoms with Crippen molar-refractivity contribution in [3.8, 4) is 0 Å². The highest BCUT2D eigenvalue weighted by molar-refractivity contribution is 7.99. The number of hydrogen-bond acceptors (Lipinski definition) is 3. The molecule has 2 saturated carbocycles. The van der Waals surface area contributed by atoms with Gasteiger partial charge in [-0.1, -0.05) is 6.42 Å². The summed E-state index contributed by atoms with van der Waals surface area (Å²) in [5.74, 6) is 5.44. The van der Waals surface area contributed by atoms with Gasteiger partial charge in [0.2, 0.25) is 0 Å². The van der Waals surface area contributed by atoms with E-state index in [0.29, 0.717) is 11.8 Å². The molecule has 0 aromatic rings. The fourth-order valence-electron chi connectivity index (χ4n) is 5.15. The van der Waals surface area contributed by atoms with Crippen molar-refractivity contribution < 1.29 is 9.84 Å². The molecule has 0 radical (unpaired) electrons. The third-order valence-electron chi connectivity index (χ3n) is 6.29. The lowest BCUT2D eigenvalue weighted by Gasteiger charge is -2.44. The minimum Gasteiger partial charge on any atom is -0.393 e. The minimum absolute atomic E-state index is 0.0225. The van der Waals surface area contributed by atoms with Crippen LogP contribution in [0.5, 0.6) is 0 Å². The summed E-state index contributed by atoms with van der Waals surface area (Å²) in [7, 11) is 0. The van der Waals surface area contributed by atoms with E-state index >= 15 is 0 Å². The monoisotopic (exact) mass is 282 g/mol. The molecule has 2 saturated heterocycles. The SMILES string of the molecule is OC(C1CCOC2(CCSCC2)C1)C1C2CCCC21. The smallest absolute Gasteiger partial charge is 0.0701 e. The standard InChI is InChI=1S/C16H26O2S/c17-15(14-12-2-1-3-13(12)14)11-4-7-18-16(10-11)5-8-19-9-6-16/h11-15,17H,1-10H2. The molecule has 2 aliphatic carbocycles. The largest absolute Gasteiger partial charge is 0.393 e. The summed E-state index contributed by atoms with van der Waals surface area (Å²) in [5, 5.41) is 10.8. The number of fused-ring (bicyclic) bond motifs is 1. The number of thioether (sulfide) groups is 1. The van der Waals surface area contributed by atoms with E-state index in [-0.39, 0.29) is 11.7 Å². The van der Waals surface area contributed by atoms with Crippen LogP contribution in [0.2, 0.25) is 0 Å². The molecule has 0 aromatic heterocycles. The molecule has 4 aliphatic rings. The zero-order valence-corrected chi connectivity index (χ0v) is 12.5. The number of hydrogen-bond donors (Lipinski definition) is 1. The second-order valence-corrected chi connectivity index (χ2v) is 8.45. The molecule has 4 unspecified atom stereocenters. The van der Waals surface area contributed by atoms with E-state index in [9.17, 15) is 5.11 Å². The molecule has 2 aliphatic heterocycles. The highest BCUT2D eigenvalue weighted by atomic mass is 32.2. The van der Waals surface area contributed by atoms with Crippen molar-refractivity contribution in [2.45, 2.75) is 56.7 Å². The van der Waals surface area contributed by atoms with Crippen molar-refractivity contribution in [3.05, 3.63) is 0 Å². The number of rotatable bonds is 2. The number of aliphatic hydroxyl groups is 1. The van der Waals surface area contributed by atoms with E-state index in [4.69, 9.17) is 4.74 Å². The normalized spacial score (nSPS) is 45.9. The fourth-order valence-corrected chi connectivity index (χ4v) is 6.38. The van der Waals surface area contributed by atoms with E-state index in [0.717, 1.165) is 31.3 Å². The fraction of sp³-hybridized carbons (Fsp3) is 1.00. The maximum atomic E-state index is 10.8. The van der Waals surface area contributed by atoms with Gasteiger partial charge in [0.05, 0.1) is 11.7 Å². The predicted molar refractivity (Wildman–Crippen MR) is 78.3 cm³/mol. The Hall–Kier alpha value is 0.270. The van der Waals surface area contributed by atoms with Crippen LogP contribution in [0.15, 0.2) is 0 Å².